The summed E-state index contributed by atoms with van der Waals surface area (Å²) in [6.07, 6.45) is 0. The minimum absolute atomic E-state index is 1.15. The summed E-state index contributed by atoms with van der Waals surface area (Å²) in [6, 6.07) is 70.3. The smallest absolute Gasteiger partial charge is 0.0548 e. The average molecular weight is 637 g/mol. The lowest BCUT2D eigenvalue weighted by molar-refractivity contribution is 1.17. The number of para-hydroxylation sites is 3. The molecule has 0 fully saturated rings. The molecule has 0 saturated heterocycles. The highest BCUT2D eigenvalue weighted by molar-refractivity contribution is 6.28. The van der Waals surface area contributed by atoms with Crippen molar-refractivity contribution in [1.29, 1.82) is 0 Å². The van der Waals surface area contributed by atoms with Crippen LogP contribution in [0.3, 0.4) is 0 Å². The van der Waals surface area contributed by atoms with Crippen LogP contribution >= 0.6 is 0 Å². The number of benzene rings is 8. The molecule has 234 valence electrons. The van der Waals surface area contributed by atoms with Gasteiger partial charge in [-0.15, -0.1) is 0 Å². The van der Waals surface area contributed by atoms with Gasteiger partial charge in [0, 0.05) is 32.9 Å². The molecule has 0 amide bonds. The highest BCUT2D eigenvalue weighted by Crippen LogP contribution is 2.42. The van der Waals surface area contributed by atoms with E-state index in [-0.39, 0.29) is 0 Å². The van der Waals surface area contributed by atoms with Gasteiger partial charge in [-0.2, -0.15) is 0 Å². The third-order valence-corrected chi connectivity index (χ3v) is 10.1. The van der Waals surface area contributed by atoms with Crippen LogP contribution in [0.25, 0.3) is 88.4 Å². The van der Waals surface area contributed by atoms with E-state index in [1.54, 1.807) is 0 Å². The van der Waals surface area contributed by atoms with Gasteiger partial charge in [-0.05, 0) is 94.0 Å². The average Bonchev–Trinajstić information content (AvgIpc) is 3.72. The summed E-state index contributed by atoms with van der Waals surface area (Å²) in [5.74, 6) is 0. The van der Waals surface area contributed by atoms with Crippen molar-refractivity contribution >= 4 is 43.6 Å². The van der Waals surface area contributed by atoms with Gasteiger partial charge in [0.25, 0.3) is 0 Å². The number of aromatic nitrogens is 2. The van der Waals surface area contributed by atoms with Gasteiger partial charge < -0.3 is 9.13 Å². The predicted octanol–water partition coefficient (Wildman–Crippen LogP) is 12.9. The van der Waals surface area contributed by atoms with Crippen LogP contribution in [0.4, 0.5) is 0 Å². The number of hydrogen-bond donors (Lipinski definition) is 0. The molecule has 0 unspecified atom stereocenters. The first-order valence-corrected chi connectivity index (χ1v) is 17.2. The highest BCUT2D eigenvalue weighted by atomic mass is 15.0. The summed E-state index contributed by atoms with van der Waals surface area (Å²) in [4.78, 5) is 0. The zero-order chi connectivity index (χ0) is 33.0. The monoisotopic (exact) mass is 636 g/mol. The molecule has 10 aromatic rings. The molecule has 50 heavy (non-hydrogen) atoms. The van der Waals surface area contributed by atoms with Crippen molar-refractivity contribution in [2.45, 2.75) is 0 Å². The highest BCUT2D eigenvalue weighted by Gasteiger charge is 2.20. The summed E-state index contributed by atoms with van der Waals surface area (Å²) >= 11 is 0. The maximum absolute atomic E-state index is 2.44. The van der Waals surface area contributed by atoms with Crippen molar-refractivity contribution in [3.8, 4) is 44.8 Å². The van der Waals surface area contributed by atoms with Gasteiger partial charge in [0.1, 0.15) is 0 Å². The van der Waals surface area contributed by atoms with Gasteiger partial charge in [-0.1, -0.05) is 133 Å². The fraction of sp³-hybridized carbons (Fsp3) is 0. The third kappa shape index (κ3) is 4.50. The molecule has 2 heteroatoms. The maximum atomic E-state index is 2.44. The Hall–Kier alpha value is -6.64. The second-order valence-electron chi connectivity index (χ2n) is 13.0. The van der Waals surface area contributed by atoms with Gasteiger partial charge in [0.2, 0.25) is 0 Å². The first-order chi connectivity index (χ1) is 24.8. The Labute approximate surface area is 290 Å². The van der Waals surface area contributed by atoms with E-state index >= 15 is 0 Å². The fourth-order valence-corrected chi connectivity index (χ4v) is 7.86. The second kappa shape index (κ2) is 11.5. The topological polar surface area (TPSA) is 9.86 Å². The minimum atomic E-state index is 1.15. The van der Waals surface area contributed by atoms with E-state index in [1.165, 1.54) is 82.7 Å². The first kappa shape index (κ1) is 28.4. The van der Waals surface area contributed by atoms with Crippen molar-refractivity contribution in [2.24, 2.45) is 0 Å². The standard InChI is InChI=1S/C48H32N2/c1-3-14-33(15-4-1)34-16-11-17-35(30-34)36-18-12-19-37(31-36)38-20-13-23-40(32-38)50-44-27-10-8-25-42(44)48-46(50)29-28-45-47(48)41-24-7-9-26-43(41)49(45)39-21-5-2-6-22-39/h1-32H. The molecule has 0 spiro atoms. The van der Waals surface area contributed by atoms with Gasteiger partial charge in [0.15, 0.2) is 0 Å². The van der Waals surface area contributed by atoms with Crippen LogP contribution in [0.2, 0.25) is 0 Å². The van der Waals surface area contributed by atoms with E-state index in [4.69, 9.17) is 0 Å². The van der Waals surface area contributed by atoms with Gasteiger partial charge in [-0.25, -0.2) is 0 Å². The minimum Gasteiger partial charge on any atom is -0.309 e. The van der Waals surface area contributed by atoms with Crippen molar-refractivity contribution in [1.82, 2.24) is 9.13 Å². The van der Waals surface area contributed by atoms with Crippen LogP contribution in [0, 0.1) is 0 Å². The van der Waals surface area contributed by atoms with Crippen molar-refractivity contribution in [3.63, 3.8) is 0 Å². The van der Waals surface area contributed by atoms with E-state index in [0.29, 0.717) is 0 Å². The van der Waals surface area contributed by atoms with Gasteiger partial charge in [0.05, 0.1) is 22.1 Å². The zero-order valence-electron chi connectivity index (χ0n) is 27.4. The third-order valence-electron chi connectivity index (χ3n) is 10.1. The fourth-order valence-electron chi connectivity index (χ4n) is 7.86. The molecule has 2 heterocycles. The van der Waals surface area contributed by atoms with Crippen molar-refractivity contribution < 1.29 is 0 Å². The molecule has 0 bridgehead atoms. The molecule has 2 aromatic heterocycles. The number of fused-ring (bicyclic) bond motifs is 7. The quantitative estimate of drug-likeness (QED) is 0.178. The van der Waals surface area contributed by atoms with Crippen molar-refractivity contribution in [2.75, 3.05) is 0 Å². The van der Waals surface area contributed by atoms with E-state index in [9.17, 15) is 0 Å². The number of nitrogens with zero attached hydrogens (tertiary/aromatic N) is 2. The Morgan fingerprint density at radius 2 is 0.620 bits per heavy atom. The summed E-state index contributed by atoms with van der Waals surface area (Å²) in [7, 11) is 0. The summed E-state index contributed by atoms with van der Waals surface area (Å²) in [5, 5.41) is 5.10. The van der Waals surface area contributed by atoms with Gasteiger partial charge >= 0.3 is 0 Å². The molecule has 10 rings (SSSR count). The second-order valence-corrected chi connectivity index (χ2v) is 13.0. The molecule has 0 N–H and O–H groups in total. The Bertz CT molecular complexity index is 2860. The molecule has 2 nitrogen and oxygen atoms in total. The molecule has 0 aliphatic heterocycles. The molecular formula is C48H32N2. The lowest BCUT2D eigenvalue weighted by atomic mass is 9.96. The molecule has 0 radical (unpaired) electrons. The van der Waals surface area contributed by atoms with Gasteiger partial charge in [-0.3, -0.25) is 0 Å². The molecular weight excluding hydrogens is 605 g/mol. The van der Waals surface area contributed by atoms with Crippen molar-refractivity contribution in [3.05, 3.63) is 194 Å². The zero-order valence-corrected chi connectivity index (χ0v) is 27.4. The first-order valence-electron chi connectivity index (χ1n) is 17.2. The molecule has 8 aromatic carbocycles. The maximum Gasteiger partial charge on any atom is 0.0548 e. The Morgan fingerprint density at radius 1 is 0.240 bits per heavy atom. The van der Waals surface area contributed by atoms with Crippen LogP contribution in [-0.2, 0) is 0 Å². The van der Waals surface area contributed by atoms with Crippen LogP contribution in [-0.4, -0.2) is 9.13 Å². The Kier molecular flexibility index (Phi) is 6.53. The molecule has 0 atom stereocenters. The Balaban J connectivity index is 1.15. The number of rotatable bonds is 5. The van der Waals surface area contributed by atoms with Crippen LogP contribution in [0.15, 0.2) is 194 Å². The summed E-state index contributed by atoms with van der Waals surface area (Å²) < 4.78 is 4.84. The molecule has 0 aliphatic carbocycles. The van der Waals surface area contributed by atoms with Crippen LogP contribution in [0.1, 0.15) is 0 Å². The van der Waals surface area contributed by atoms with E-state index in [1.807, 2.05) is 0 Å². The SMILES string of the molecule is c1ccc(-c2cccc(-c3cccc(-c4cccc(-n5c6ccccc6c6c7c8ccccc8n(-c8ccccc8)c7ccc65)c4)c3)c2)cc1. The van der Waals surface area contributed by atoms with E-state index in [0.717, 1.165) is 5.69 Å². The predicted molar refractivity (Wildman–Crippen MR) is 211 cm³/mol. The normalized spacial score (nSPS) is 11.6. The molecule has 0 saturated carbocycles. The molecule has 0 aliphatic rings. The Morgan fingerprint density at radius 3 is 1.18 bits per heavy atom. The van der Waals surface area contributed by atoms with E-state index in [2.05, 4.69) is 203 Å². The summed E-state index contributed by atoms with van der Waals surface area (Å²) in [5.41, 5.74) is 14.4. The largest absolute Gasteiger partial charge is 0.309 e. The van der Waals surface area contributed by atoms with E-state index < -0.39 is 0 Å². The lowest BCUT2D eigenvalue weighted by Crippen LogP contribution is -1.95. The summed E-state index contributed by atoms with van der Waals surface area (Å²) in [6.45, 7) is 0. The lowest BCUT2D eigenvalue weighted by Gasteiger charge is -2.12. The van der Waals surface area contributed by atoms with Crippen LogP contribution in [0.5, 0.6) is 0 Å². The number of hydrogen-bond acceptors (Lipinski definition) is 0. The van der Waals surface area contributed by atoms with Crippen LogP contribution < -0.4 is 0 Å².